The first-order valence-electron chi connectivity index (χ1n) is 8.56. The Labute approximate surface area is 164 Å². The Morgan fingerprint density at radius 3 is 2.96 bits per heavy atom. The predicted octanol–water partition coefficient (Wildman–Crippen LogP) is 2.66. The minimum absolute atomic E-state index is 0.164. The van der Waals surface area contributed by atoms with Gasteiger partial charge >= 0.3 is 0 Å². The van der Waals surface area contributed by atoms with Crippen molar-refractivity contribution in [2.24, 2.45) is 0 Å². The van der Waals surface area contributed by atoms with Gasteiger partial charge in [-0.1, -0.05) is 22.0 Å². The monoisotopic (exact) mass is 430 g/mol. The SMILES string of the molecule is CCOc1ncccc1CNC(=O)CCn1cnc2ccc(Br)cc2c1=O. The molecule has 1 amide bonds. The number of amides is 1. The van der Waals surface area contributed by atoms with Gasteiger partial charge in [0.25, 0.3) is 5.56 Å². The van der Waals surface area contributed by atoms with E-state index in [2.05, 4.69) is 31.2 Å². The van der Waals surface area contributed by atoms with Gasteiger partial charge in [-0.3, -0.25) is 14.2 Å². The smallest absolute Gasteiger partial charge is 0.261 e. The number of aryl methyl sites for hydroxylation is 1. The van der Waals surface area contributed by atoms with Gasteiger partial charge in [0.05, 0.1) is 23.8 Å². The number of pyridine rings is 1. The van der Waals surface area contributed by atoms with Crippen molar-refractivity contribution in [2.45, 2.75) is 26.4 Å². The lowest BCUT2D eigenvalue weighted by molar-refractivity contribution is -0.121. The Balaban J connectivity index is 1.62. The van der Waals surface area contributed by atoms with E-state index in [0.29, 0.717) is 29.9 Å². The van der Waals surface area contributed by atoms with Crippen LogP contribution in [-0.2, 0) is 17.9 Å². The molecular weight excluding hydrogens is 412 g/mol. The van der Waals surface area contributed by atoms with E-state index in [0.717, 1.165) is 10.0 Å². The average molecular weight is 431 g/mol. The van der Waals surface area contributed by atoms with Crippen LogP contribution in [0.25, 0.3) is 10.9 Å². The van der Waals surface area contributed by atoms with Gasteiger partial charge in [-0.2, -0.15) is 0 Å². The van der Waals surface area contributed by atoms with Gasteiger partial charge in [-0.25, -0.2) is 9.97 Å². The Morgan fingerprint density at radius 2 is 2.15 bits per heavy atom. The molecule has 0 spiro atoms. The molecule has 2 aromatic heterocycles. The first-order chi connectivity index (χ1) is 13.1. The summed E-state index contributed by atoms with van der Waals surface area (Å²) in [5.41, 5.74) is 1.27. The van der Waals surface area contributed by atoms with E-state index in [1.54, 1.807) is 24.4 Å². The zero-order valence-corrected chi connectivity index (χ0v) is 16.4. The topological polar surface area (TPSA) is 86.1 Å². The highest BCUT2D eigenvalue weighted by molar-refractivity contribution is 9.10. The number of hydrogen-bond donors (Lipinski definition) is 1. The standard InChI is InChI=1S/C19H19BrN4O3/c1-2-27-18-13(4-3-8-21-18)11-22-17(25)7-9-24-12-23-16-6-5-14(20)10-15(16)19(24)26/h3-6,8,10,12H,2,7,9,11H2,1H3,(H,22,25). The van der Waals surface area contributed by atoms with Crippen molar-refractivity contribution in [3.63, 3.8) is 0 Å². The first kappa shape index (κ1) is 19.0. The van der Waals surface area contributed by atoms with E-state index < -0.39 is 0 Å². The second-order valence-electron chi connectivity index (χ2n) is 5.83. The second kappa shape index (κ2) is 8.77. The van der Waals surface area contributed by atoms with E-state index in [1.165, 1.54) is 10.9 Å². The molecule has 2 heterocycles. The van der Waals surface area contributed by atoms with E-state index in [4.69, 9.17) is 4.74 Å². The van der Waals surface area contributed by atoms with Gasteiger partial charge in [-0.15, -0.1) is 0 Å². The van der Waals surface area contributed by atoms with Crippen molar-refractivity contribution >= 4 is 32.7 Å². The maximum atomic E-state index is 12.5. The van der Waals surface area contributed by atoms with E-state index in [-0.39, 0.29) is 24.4 Å². The van der Waals surface area contributed by atoms with Crippen LogP contribution in [0.15, 0.2) is 52.1 Å². The van der Waals surface area contributed by atoms with Crippen LogP contribution in [0.4, 0.5) is 0 Å². The van der Waals surface area contributed by atoms with Gasteiger partial charge in [0.1, 0.15) is 0 Å². The summed E-state index contributed by atoms with van der Waals surface area (Å²) in [6.07, 6.45) is 3.29. The van der Waals surface area contributed by atoms with E-state index in [1.807, 2.05) is 19.1 Å². The molecule has 0 atom stereocenters. The zero-order chi connectivity index (χ0) is 19.2. The molecule has 7 nitrogen and oxygen atoms in total. The summed E-state index contributed by atoms with van der Waals surface area (Å²) < 4.78 is 7.70. The van der Waals surface area contributed by atoms with Gasteiger partial charge in [0, 0.05) is 35.7 Å². The minimum Gasteiger partial charge on any atom is -0.478 e. The highest BCUT2D eigenvalue weighted by Gasteiger charge is 2.09. The highest BCUT2D eigenvalue weighted by atomic mass is 79.9. The molecule has 0 saturated heterocycles. The summed E-state index contributed by atoms with van der Waals surface area (Å²) in [7, 11) is 0. The van der Waals surface area contributed by atoms with Crippen molar-refractivity contribution in [3.8, 4) is 5.88 Å². The summed E-state index contributed by atoms with van der Waals surface area (Å²) in [6.45, 7) is 2.96. The fourth-order valence-corrected chi connectivity index (χ4v) is 2.98. The number of carbonyl (C=O) groups excluding carboxylic acids is 1. The number of halogens is 1. The van der Waals surface area contributed by atoms with Crippen LogP contribution in [0.2, 0.25) is 0 Å². The van der Waals surface area contributed by atoms with Crippen LogP contribution in [-0.4, -0.2) is 27.0 Å². The fraction of sp³-hybridized carbons (Fsp3) is 0.263. The molecule has 27 heavy (non-hydrogen) atoms. The molecule has 0 aliphatic rings. The predicted molar refractivity (Wildman–Crippen MR) is 106 cm³/mol. The Hall–Kier alpha value is -2.74. The van der Waals surface area contributed by atoms with E-state index in [9.17, 15) is 9.59 Å². The number of aromatic nitrogens is 3. The van der Waals surface area contributed by atoms with Gasteiger partial charge in [-0.05, 0) is 31.2 Å². The third-order valence-electron chi connectivity index (χ3n) is 3.97. The number of hydrogen-bond acceptors (Lipinski definition) is 5. The van der Waals surface area contributed by atoms with Crippen molar-refractivity contribution in [1.29, 1.82) is 0 Å². The van der Waals surface area contributed by atoms with Crippen molar-refractivity contribution in [2.75, 3.05) is 6.61 Å². The Kier molecular flexibility index (Phi) is 6.18. The molecule has 1 aromatic carbocycles. The quantitative estimate of drug-likeness (QED) is 0.622. The Bertz CT molecular complexity index is 1020. The molecule has 0 fully saturated rings. The lowest BCUT2D eigenvalue weighted by Crippen LogP contribution is -2.27. The van der Waals surface area contributed by atoms with Crippen LogP contribution in [0.5, 0.6) is 5.88 Å². The number of fused-ring (bicyclic) bond motifs is 1. The van der Waals surface area contributed by atoms with Crippen molar-refractivity contribution < 1.29 is 9.53 Å². The number of benzene rings is 1. The summed E-state index contributed by atoms with van der Waals surface area (Å²) in [5, 5.41) is 3.35. The number of nitrogens with zero attached hydrogens (tertiary/aromatic N) is 3. The molecule has 0 saturated carbocycles. The summed E-state index contributed by atoms with van der Waals surface area (Å²) in [5.74, 6) is 0.350. The van der Waals surface area contributed by atoms with Crippen LogP contribution in [0, 0.1) is 0 Å². The molecular formula is C19H19BrN4O3. The zero-order valence-electron chi connectivity index (χ0n) is 14.8. The van der Waals surface area contributed by atoms with Crippen LogP contribution in [0.1, 0.15) is 18.9 Å². The Morgan fingerprint density at radius 1 is 1.30 bits per heavy atom. The fourth-order valence-electron chi connectivity index (χ4n) is 2.62. The third kappa shape index (κ3) is 4.71. The molecule has 0 radical (unpaired) electrons. The van der Waals surface area contributed by atoms with Gasteiger partial charge in [0.2, 0.25) is 11.8 Å². The average Bonchev–Trinajstić information content (AvgIpc) is 2.67. The maximum absolute atomic E-state index is 12.5. The van der Waals surface area contributed by atoms with Crippen molar-refractivity contribution in [1.82, 2.24) is 19.9 Å². The summed E-state index contributed by atoms with van der Waals surface area (Å²) >= 11 is 3.36. The van der Waals surface area contributed by atoms with Gasteiger partial charge in [0.15, 0.2) is 0 Å². The molecule has 1 N–H and O–H groups in total. The normalized spacial score (nSPS) is 10.7. The van der Waals surface area contributed by atoms with Crippen LogP contribution < -0.4 is 15.6 Å². The number of carbonyl (C=O) groups is 1. The number of nitrogens with one attached hydrogen (secondary N) is 1. The molecule has 140 valence electrons. The number of ether oxygens (including phenoxy) is 1. The second-order valence-corrected chi connectivity index (χ2v) is 6.75. The largest absolute Gasteiger partial charge is 0.478 e. The van der Waals surface area contributed by atoms with Crippen LogP contribution >= 0.6 is 15.9 Å². The lowest BCUT2D eigenvalue weighted by atomic mass is 10.2. The van der Waals surface area contributed by atoms with Crippen molar-refractivity contribution in [3.05, 3.63) is 63.2 Å². The highest BCUT2D eigenvalue weighted by Crippen LogP contribution is 2.15. The summed E-state index contributed by atoms with van der Waals surface area (Å²) in [4.78, 5) is 33.1. The molecule has 8 heteroatoms. The number of rotatable bonds is 7. The third-order valence-corrected chi connectivity index (χ3v) is 4.47. The first-order valence-corrected chi connectivity index (χ1v) is 9.36. The van der Waals surface area contributed by atoms with Gasteiger partial charge < -0.3 is 10.1 Å². The lowest BCUT2D eigenvalue weighted by Gasteiger charge is -2.10. The summed E-state index contributed by atoms with van der Waals surface area (Å²) in [6, 6.07) is 9.00. The molecule has 0 aliphatic heterocycles. The van der Waals surface area contributed by atoms with E-state index >= 15 is 0 Å². The maximum Gasteiger partial charge on any atom is 0.261 e. The minimum atomic E-state index is -0.167. The molecule has 0 aliphatic carbocycles. The van der Waals surface area contributed by atoms with Crippen LogP contribution in [0.3, 0.4) is 0 Å². The molecule has 0 bridgehead atoms. The molecule has 3 aromatic rings. The molecule has 3 rings (SSSR count). The molecule has 0 unspecified atom stereocenters.